The van der Waals surface area contributed by atoms with Crippen LogP contribution in [-0.4, -0.2) is 42.2 Å². The number of likely N-dealkylation sites (tertiary alicyclic amines) is 1. The summed E-state index contributed by atoms with van der Waals surface area (Å²) >= 11 is 0. The van der Waals surface area contributed by atoms with Gasteiger partial charge < -0.3 is 20.5 Å². The highest BCUT2D eigenvalue weighted by molar-refractivity contribution is 5.76. The van der Waals surface area contributed by atoms with E-state index >= 15 is 0 Å². The highest BCUT2D eigenvalue weighted by Gasteiger charge is 2.22. The summed E-state index contributed by atoms with van der Waals surface area (Å²) in [7, 11) is 0. The molecule has 0 bridgehead atoms. The lowest BCUT2D eigenvalue weighted by atomic mass is 9.99. The van der Waals surface area contributed by atoms with Gasteiger partial charge in [0.2, 0.25) is 5.91 Å². The van der Waals surface area contributed by atoms with Gasteiger partial charge in [-0.25, -0.2) is 0 Å². The number of nitrogens with two attached hydrogens (primary N) is 1. The molecule has 5 nitrogen and oxygen atoms in total. The number of hydrogen-bond donors (Lipinski definition) is 2. The zero-order valence-corrected chi connectivity index (χ0v) is 11.6. The highest BCUT2D eigenvalue weighted by Crippen LogP contribution is 2.17. The quantitative estimate of drug-likeness (QED) is 0.795. The van der Waals surface area contributed by atoms with E-state index in [-0.39, 0.29) is 18.4 Å². The number of ether oxygens (including phenoxy) is 1. The third-order valence-electron chi connectivity index (χ3n) is 3.59. The molecule has 1 unspecified atom stereocenters. The van der Waals surface area contributed by atoms with Gasteiger partial charge in [0.05, 0.1) is 13.0 Å². The molecule has 1 aromatic carbocycles. The summed E-state index contributed by atoms with van der Waals surface area (Å²) in [6.07, 6.45) is 2.33. The Morgan fingerprint density at radius 1 is 1.40 bits per heavy atom. The average Bonchev–Trinajstić information content (AvgIpc) is 2.49. The summed E-state index contributed by atoms with van der Waals surface area (Å²) in [5.41, 5.74) is 6.28. The molecule has 1 atom stereocenters. The van der Waals surface area contributed by atoms with E-state index in [9.17, 15) is 4.79 Å². The van der Waals surface area contributed by atoms with Crippen molar-refractivity contribution in [3.05, 3.63) is 24.3 Å². The topological polar surface area (TPSA) is 75.8 Å². The van der Waals surface area contributed by atoms with Gasteiger partial charge in [0, 0.05) is 25.4 Å². The predicted octanol–water partition coefficient (Wildman–Crippen LogP) is 1.27. The number of carbonyl (C=O) groups excluding carboxylic acids is 1. The van der Waals surface area contributed by atoms with E-state index in [0.29, 0.717) is 25.3 Å². The summed E-state index contributed by atoms with van der Waals surface area (Å²) in [4.78, 5) is 13.9. The van der Waals surface area contributed by atoms with Gasteiger partial charge in [0.1, 0.15) is 5.75 Å². The zero-order valence-electron chi connectivity index (χ0n) is 11.6. The molecule has 0 saturated carbocycles. The number of aliphatic hydroxyl groups is 1. The minimum absolute atomic E-state index is 0.0959. The Bertz CT molecular complexity index is 433. The molecule has 1 saturated heterocycles. The van der Waals surface area contributed by atoms with Crippen molar-refractivity contribution >= 4 is 11.6 Å². The first-order chi connectivity index (χ1) is 9.69. The third-order valence-corrected chi connectivity index (χ3v) is 3.59. The smallest absolute Gasteiger partial charge is 0.226 e. The number of rotatable bonds is 5. The summed E-state index contributed by atoms with van der Waals surface area (Å²) < 4.78 is 5.52. The largest absolute Gasteiger partial charge is 0.493 e. The van der Waals surface area contributed by atoms with Crippen LogP contribution < -0.4 is 10.5 Å². The van der Waals surface area contributed by atoms with Crippen LogP contribution in [0.2, 0.25) is 0 Å². The van der Waals surface area contributed by atoms with E-state index in [1.54, 1.807) is 24.3 Å². The number of anilines is 1. The van der Waals surface area contributed by atoms with Crippen molar-refractivity contribution in [1.29, 1.82) is 0 Å². The number of nitrogen functional groups attached to an aromatic ring is 1. The Morgan fingerprint density at radius 2 is 2.15 bits per heavy atom. The maximum Gasteiger partial charge on any atom is 0.226 e. The van der Waals surface area contributed by atoms with E-state index < -0.39 is 0 Å². The van der Waals surface area contributed by atoms with Crippen LogP contribution in [0, 0.1) is 5.92 Å². The minimum atomic E-state index is 0.0959. The van der Waals surface area contributed by atoms with E-state index in [0.717, 1.165) is 25.1 Å². The van der Waals surface area contributed by atoms with Crippen molar-refractivity contribution in [1.82, 2.24) is 4.90 Å². The molecular weight excluding hydrogens is 256 g/mol. The summed E-state index contributed by atoms with van der Waals surface area (Å²) in [5, 5.41) is 9.16. The van der Waals surface area contributed by atoms with Crippen LogP contribution >= 0.6 is 0 Å². The molecule has 0 aliphatic carbocycles. The lowest BCUT2D eigenvalue weighted by molar-refractivity contribution is -0.133. The lowest BCUT2D eigenvalue weighted by Crippen LogP contribution is -2.41. The molecule has 3 N–H and O–H groups in total. The third kappa shape index (κ3) is 4.13. The Labute approximate surface area is 119 Å². The fourth-order valence-corrected chi connectivity index (χ4v) is 2.42. The SMILES string of the molecule is Nc1ccc(OCCC(=O)N2CCCC(CO)C2)cc1. The van der Waals surface area contributed by atoms with E-state index in [1.165, 1.54) is 0 Å². The zero-order chi connectivity index (χ0) is 14.4. The molecular formula is C15H22N2O3. The first-order valence-corrected chi connectivity index (χ1v) is 7.06. The molecule has 20 heavy (non-hydrogen) atoms. The molecule has 5 heteroatoms. The molecule has 0 spiro atoms. The molecule has 1 amide bonds. The maximum absolute atomic E-state index is 12.0. The van der Waals surface area contributed by atoms with Crippen LogP contribution in [-0.2, 0) is 4.79 Å². The summed E-state index contributed by atoms with van der Waals surface area (Å²) in [6.45, 7) is 1.98. The van der Waals surface area contributed by atoms with Crippen LogP contribution in [0.15, 0.2) is 24.3 Å². The number of carbonyl (C=O) groups is 1. The lowest BCUT2D eigenvalue weighted by Gasteiger charge is -2.31. The second kappa shape index (κ2) is 7.14. The van der Waals surface area contributed by atoms with Crippen molar-refractivity contribution in [3.63, 3.8) is 0 Å². The number of piperidine rings is 1. The minimum Gasteiger partial charge on any atom is -0.493 e. The normalized spacial score (nSPS) is 18.9. The van der Waals surface area contributed by atoms with Crippen molar-refractivity contribution < 1.29 is 14.6 Å². The second-order valence-electron chi connectivity index (χ2n) is 5.20. The van der Waals surface area contributed by atoms with Gasteiger partial charge in [0.25, 0.3) is 0 Å². The molecule has 2 rings (SSSR count). The highest BCUT2D eigenvalue weighted by atomic mass is 16.5. The number of nitrogens with zero attached hydrogens (tertiary/aromatic N) is 1. The number of aliphatic hydroxyl groups excluding tert-OH is 1. The molecule has 1 aliphatic rings. The number of hydrogen-bond acceptors (Lipinski definition) is 4. The molecule has 1 heterocycles. The molecule has 1 aromatic rings. The number of amides is 1. The van der Waals surface area contributed by atoms with Crippen LogP contribution in [0.5, 0.6) is 5.75 Å². The monoisotopic (exact) mass is 278 g/mol. The van der Waals surface area contributed by atoms with Crippen molar-refractivity contribution in [2.24, 2.45) is 5.92 Å². The van der Waals surface area contributed by atoms with Crippen LogP contribution in [0.25, 0.3) is 0 Å². The Hall–Kier alpha value is -1.75. The molecule has 0 radical (unpaired) electrons. The van der Waals surface area contributed by atoms with Crippen molar-refractivity contribution in [3.8, 4) is 5.75 Å². The van der Waals surface area contributed by atoms with Crippen LogP contribution in [0.4, 0.5) is 5.69 Å². The van der Waals surface area contributed by atoms with Gasteiger partial charge in [-0.15, -0.1) is 0 Å². The van der Waals surface area contributed by atoms with Crippen LogP contribution in [0.1, 0.15) is 19.3 Å². The molecule has 1 fully saturated rings. The Balaban J connectivity index is 1.73. The van der Waals surface area contributed by atoms with E-state index in [4.69, 9.17) is 15.6 Å². The maximum atomic E-state index is 12.0. The van der Waals surface area contributed by atoms with E-state index in [2.05, 4.69) is 0 Å². The summed E-state index contributed by atoms with van der Waals surface area (Å²) in [5.74, 6) is 1.04. The molecule has 1 aliphatic heterocycles. The Kier molecular flexibility index (Phi) is 5.24. The van der Waals surface area contributed by atoms with Crippen molar-refractivity contribution in [2.45, 2.75) is 19.3 Å². The van der Waals surface area contributed by atoms with Crippen LogP contribution in [0.3, 0.4) is 0 Å². The fourth-order valence-electron chi connectivity index (χ4n) is 2.42. The van der Waals surface area contributed by atoms with Gasteiger partial charge in [-0.1, -0.05) is 0 Å². The van der Waals surface area contributed by atoms with Gasteiger partial charge in [-0.3, -0.25) is 4.79 Å². The van der Waals surface area contributed by atoms with Gasteiger partial charge >= 0.3 is 0 Å². The second-order valence-corrected chi connectivity index (χ2v) is 5.20. The fraction of sp³-hybridized carbons (Fsp3) is 0.533. The summed E-state index contributed by atoms with van der Waals surface area (Å²) in [6, 6.07) is 7.13. The van der Waals surface area contributed by atoms with Crippen molar-refractivity contribution in [2.75, 3.05) is 32.0 Å². The first-order valence-electron chi connectivity index (χ1n) is 7.06. The predicted molar refractivity (Wildman–Crippen MR) is 77.4 cm³/mol. The standard InChI is InChI=1S/C15H22N2O3/c16-13-3-5-14(6-4-13)20-9-7-15(19)17-8-1-2-12(10-17)11-18/h3-6,12,18H,1-2,7-11,16H2. The van der Waals surface area contributed by atoms with Gasteiger partial charge in [-0.2, -0.15) is 0 Å². The number of benzene rings is 1. The Morgan fingerprint density at radius 3 is 2.85 bits per heavy atom. The molecule has 110 valence electrons. The van der Waals surface area contributed by atoms with Gasteiger partial charge in [-0.05, 0) is 43.0 Å². The molecule has 0 aromatic heterocycles. The van der Waals surface area contributed by atoms with E-state index in [1.807, 2.05) is 4.90 Å². The van der Waals surface area contributed by atoms with Gasteiger partial charge in [0.15, 0.2) is 0 Å². The first kappa shape index (κ1) is 14.7. The average molecular weight is 278 g/mol.